The molecule has 0 spiro atoms. The van der Waals surface area contributed by atoms with E-state index in [0.717, 1.165) is 13.7 Å². The number of ether oxygens (including phenoxy) is 2. The molecule has 0 aliphatic rings. The average Bonchev–Trinajstić information content (AvgIpc) is 3.37. The van der Waals surface area contributed by atoms with Gasteiger partial charge in [0, 0.05) is 16.5 Å². The Kier molecular flexibility index (Phi) is 10.5. The van der Waals surface area contributed by atoms with Crippen LogP contribution in [0.15, 0.2) is 61.2 Å². The average molecular weight is 514 g/mol. The van der Waals surface area contributed by atoms with Crippen LogP contribution in [0, 0.1) is 0 Å². The first-order valence-corrected chi connectivity index (χ1v) is 12.4. The summed E-state index contributed by atoms with van der Waals surface area (Å²) in [6, 6.07) is 13.9. The first kappa shape index (κ1) is 23.7. The van der Waals surface area contributed by atoms with E-state index in [1.807, 2.05) is 36.6 Å². The molecule has 2 heterocycles. The number of hydrogen-bond donors (Lipinski definition) is 0. The minimum absolute atomic E-state index is 0.236. The zero-order valence-corrected chi connectivity index (χ0v) is 20.1. The van der Waals surface area contributed by atoms with Gasteiger partial charge in [0.1, 0.15) is 0 Å². The molecule has 0 aliphatic heterocycles. The number of esters is 2. The SMILES string of the molecule is CCOC(=O)c1csc(Br)c1.CCOC(=O)c1csc(SCc2ccccc2)c1. The van der Waals surface area contributed by atoms with E-state index in [9.17, 15) is 9.59 Å². The number of thioether (sulfide) groups is 1. The molecule has 154 valence electrons. The van der Waals surface area contributed by atoms with Gasteiger partial charge in [0.2, 0.25) is 0 Å². The fourth-order valence-corrected chi connectivity index (χ4v) is 5.11. The molecule has 0 fully saturated rings. The lowest BCUT2D eigenvalue weighted by molar-refractivity contribution is 0.0517. The van der Waals surface area contributed by atoms with Crippen molar-refractivity contribution in [3.8, 4) is 0 Å². The second-order valence-corrected chi connectivity index (χ2v) is 9.99. The van der Waals surface area contributed by atoms with Crippen LogP contribution in [0.1, 0.15) is 40.1 Å². The molecule has 1 aromatic carbocycles. The van der Waals surface area contributed by atoms with Crippen LogP contribution in [0.3, 0.4) is 0 Å². The Balaban J connectivity index is 0.000000234. The summed E-state index contributed by atoms with van der Waals surface area (Å²) in [5.41, 5.74) is 2.55. The molecule has 0 N–H and O–H groups in total. The fraction of sp³-hybridized carbons (Fsp3) is 0.238. The minimum Gasteiger partial charge on any atom is -0.462 e. The van der Waals surface area contributed by atoms with Gasteiger partial charge in [0.05, 0.1) is 32.3 Å². The molecular weight excluding hydrogens is 492 g/mol. The summed E-state index contributed by atoms with van der Waals surface area (Å²) in [4.78, 5) is 22.5. The number of carbonyl (C=O) groups is 2. The second-order valence-electron chi connectivity index (χ2n) is 5.51. The van der Waals surface area contributed by atoms with E-state index in [0.29, 0.717) is 24.3 Å². The number of halogens is 1. The van der Waals surface area contributed by atoms with E-state index in [1.54, 1.807) is 41.5 Å². The number of carbonyl (C=O) groups excluding carboxylic acids is 2. The first-order chi connectivity index (χ1) is 14.0. The second kappa shape index (κ2) is 12.8. The van der Waals surface area contributed by atoms with Crippen molar-refractivity contribution in [1.82, 2.24) is 0 Å². The molecule has 3 aromatic rings. The van der Waals surface area contributed by atoms with Crippen LogP contribution >= 0.6 is 50.4 Å². The van der Waals surface area contributed by atoms with Crippen molar-refractivity contribution >= 4 is 62.3 Å². The lowest BCUT2D eigenvalue weighted by Gasteiger charge is -1.99. The molecule has 0 bridgehead atoms. The maximum Gasteiger partial charge on any atom is 0.339 e. The summed E-state index contributed by atoms with van der Waals surface area (Å²) >= 11 is 8.06. The largest absolute Gasteiger partial charge is 0.462 e. The zero-order valence-electron chi connectivity index (χ0n) is 16.1. The van der Waals surface area contributed by atoms with Crippen LogP contribution in [0.5, 0.6) is 0 Å². The van der Waals surface area contributed by atoms with Crippen molar-refractivity contribution in [2.45, 2.75) is 23.8 Å². The first-order valence-electron chi connectivity index (χ1n) is 8.87. The minimum atomic E-state index is -0.255. The molecule has 0 amide bonds. The lowest BCUT2D eigenvalue weighted by atomic mass is 10.2. The van der Waals surface area contributed by atoms with Gasteiger partial charge in [-0.1, -0.05) is 30.3 Å². The van der Waals surface area contributed by atoms with Gasteiger partial charge in [0.25, 0.3) is 0 Å². The van der Waals surface area contributed by atoms with Gasteiger partial charge < -0.3 is 9.47 Å². The Labute approximate surface area is 191 Å². The Morgan fingerprint density at radius 3 is 2.07 bits per heavy atom. The van der Waals surface area contributed by atoms with E-state index in [-0.39, 0.29) is 11.9 Å². The van der Waals surface area contributed by atoms with Gasteiger partial charge in [-0.15, -0.1) is 34.4 Å². The highest BCUT2D eigenvalue weighted by atomic mass is 79.9. The predicted octanol–water partition coefficient (Wildman–Crippen LogP) is 6.90. The lowest BCUT2D eigenvalue weighted by Crippen LogP contribution is -2.02. The van der Waals surface area contributed by atoms with Crippen LogP contribution in [-0.2, 0) is 15.2 Å². The molecule has 8 heteroatoms. The number of rotatable bonds is 7. The third-order valence-electron chi connectivity index (χ3n) is 3.39. The normalized spacial score (nSPS) is 10.0. The molecule has 3 rings (SSSR count). The van der Waals surface area contributed by atoms with Crippen LogP contribution in [0.25, 0.3) is 0 Å². The summed E-state index contributed by atoms with van der Waals surface area (Å²) < 4.78 is 11.8. The molecule has 29 heavy (non-hydrogen) atoms. The van der Waals surface area contributed by atoms with Gasteiger partial charge in [-0.05, 0) is 47.5 Å². The quantitative estimate of drug-likeness (QED) is 0.254. The number of thiophene rings is 2. The molecule has 0 aliphatic carbocycles. The molecule has 2 aromatic heterocycles. The van der Waals surface area contributed by atoms with Crippen molar-refractivity contribution in [1.29, 1.82) is 0 Å². The highest BCUT2D eigenvalue weighted by molar-refractivity contribution is 9.11. The monoisotopic (exact) mass is 512 g/mol. The predicted molar refractivity (Wildman–Crippen MR) is 124 cm³/mol. The summed E-state index contributed by atoms with van der Waals surface area (Å²) in [6.45, 7) is 4.45. The molecule has 4 nitrogen and oxygen atoms in total. The van der Waals surface area contributed by atoms with Gasteiger partial charge in [-0.2, -0.15) is 0 Å². The summed E-state index contributed by atoms with van der Waals surface area (Å²) in [5, 5.41) is 3.62. The van der Waals surface area contributed by atoms with Crippen LogP contribution < -0.4 is 0 Å². The Morgan fingerprint density at radius 2 is 1.52 bits per heavy atom. The zero-order chi connectivity index (χ0) is 21.1. The maximum atomic E-state index is 11.5. The molecule has 0 radical (unpaired) electrons. The Hall–Kier alpha value is -1.61. The van der Waals surface area contributed by atoms with Gasteiger partial charge in [-0.3, -0.25) is 0 Å². The van der Waals surface area contributed by atoms with Crippen molar-refractivity contribution in [2.24, 2.45) is 0 Å². The maximum absolute atomic E-state index is 11.5. The summed E-state index contributed by atoms with van der Waals surface area (Å²) in [6.07, 6.45) is 0. The summed E-state index contributed by atoms with van der Waals surface area (Å²) in [5.74, 6) is 0.429. The topological polar surface area (TPSA) is 52.6 Å². The smallest absolute Gasteiger partial charge is 0.339 e. The molecule has 0 unspecified atom stereocenters. The van der Waals surface area contributed by atoms with E-state index in [2.05, 4.69) is 28.1 Å². The van der Waals surface area contributed by atoms with Crippen molar-refractivity contribution in [3.05, 3.63) is 73.7 Å². The van der Waals surface area contributed by atoms with E-state index in [1.165, 1.54) is 16.9 Å². The Morgan fingerprint density at radius 1 is 0.931 bits per heavy atom. The van der Waals surface area contributed by atoms with Crippen LogP contribution in [0.4, 0.5) is 0 Å². The number of benzene rings is 1. The third-order valence-corrected chi connectivity index (χ3v) is 7.14. The van der Waals surface area contributed by atoms with Crippen LogP contribution in [-0.4, -0.2) is 25.2 Å². The molecule has 0 saturated carbocycles. The third kappa shape index (κ3) is 8.34. The summed E-state index contributed by atoms with van der Waals surface area (Å²) in [7, 11) is 0. The van der Waals surface area contributed by atoms with E-state index >= 15 is 0 Å². The van der Waals surface area contributed by atoms with Crippen molar-refractivity contribution in [3.63, 3.8) is 0 Å². The Bertz CT molecular complexity index is 906. The van der Waals surface area contributed by atoms with Crippen LogP contribution in [0.2, 0.25) is 0 Å². The van der Waals surface area contributed by atoms with Crippen molar-refractivity contribution < 1.29 is 19.1 Å². The van der Waals surface area contributed by atoms with Gasteiger partial charge in [-0.25, -0.2) is 9.59 Å². The molecule has 0 saturated heterocycles. The molecular formula is C21H21BrO4S3. The highest BCUT2D eigenvalue weighted by Crippen LogP contribution is 2.29. The number of hydrogen-bond acceptors (Lipinski definition) is 7. The highest BCUT2D eigenvalue weighted by Gasteiger charge is 2.09. The fourth-order valence-electron chi connectivity index (χ4n) is 2.07. The van der Waals surface area contributed by atoms with Crippen molar-refractivity contribution in [2.75, 3.05) is 13.2 Å². The standard InChI is InChI=1S/C14H14O2S2.C7H7BrO2S/c1-2-16-14(15)12-8-13(18-10-12)17-9-11-6-4-3-5-7-11;1-2-10-7(9)5-3-6(8)11-4-5/h3-8,10H,2,9H2,1H3;3-4H,2H2,1H3. The molecule has 0 atom stereocenters. The van der Waals surface area contributed by atoms with Gasteiger partial charge in [0.15, 0.2) is 0 Å². The van der Waals surface area contributed by atoms with E-state index < -0.39 is 0 Å². The van der Waals surface area contributed by atoms with E-state index in [4.69, 9.17) is 9.47 Å². The van der Waals surface area contributed by atoms with Gasteiger partial charge >= 0.3 is 11.9 Å².